The maximum Gasteiger partial charge on any atom is 0.410 e. The van der Waals surface area contributed by atoms with Gasteiger partial charge in [0.25, 0.3) is 0 Å². The monoisotopic (exact) mass is 433 g/mol. The molecule has 2 unspecified atom stereocenters. The summed E-state index contributed by atoms with van der Waals surface area (Å²) in [6.07, 6.45) is 7.36. The van der Waals surface area contributed by atoms with Crippen LogP contribution in [0.25, 0.3) is 0 Å². The van der Waals surface area contributed by atoms with Gasteiger partial charge < -0.3 is 14.5 Å². The average molecular weight is 434 g/mol. The molecule has 3 amide bonds. The zero-order chi connectivity index (χ0) is 21.6. The topological polar surface area (TPSA) is 78.9 Å². The molecule has 8 nitrogen and oxygen atoms in total. The number of amides is 3. The van der Waals surface area contributed by atoms with E-state index >= 15 is 0 Å². The Bertz CT molecular complexity index is 842. The maximum absolute atomic E-state index is 13.3. The molecule has 164 valence electrons. The predicted octanol–water partition coefficient (Wildman–Crippen LogP) is 3.75. The van der Waals surface area contributed by atoms with Crippen molar-refractivity contribution >= 4 is 29.7 Å². The number of carbonyl (C=O) groups excluding carboxylic acids is 2. The molecule has 3 aliphatic rings. The van der Waals surface area contributed by atoms with Gasteiger partial charge in [0, 0.05) is 43.4 Å². The number of likely N-dealkylation sites (tertiary alicyclic amines) is 1. The summed E-state index contributed by atoms with van der Waals surface area (Å²) in [4.78, 5) is 40.5. The van der Waals surface area contributed by atoms with Gasteiger partial charge >= 0.3 is 12.1 Å². The van der Waals surface area contributed by atoms with Crippen LogP contribution >= 0.6 is 11.8 Å². The van der Waals surface area contributed by atoms with Crippen molar-refractivity contribution in [2.75, 3.05) is 24.7 Å². The Kier molecular flexibility index (Phi) is 5.59. The van der Waals surface area contributed by atoms with Gasteiger partial charge in [0.1, 0.15) is 11.4 Å². The molecule has 0 N–H and O–H groups in total. The van der Waals surface area contributed by atoms with E-state index in [0.717, 1.165) is 31.2 Å². The lowest BCUT2D eigenvalue weighted by Crippen LogP contribution is -2.60. The predicted molar refractivity (Wildman–Crippen MR) is 116 cm³/mol. The Morgan fingerprint density at radius 1 is 1.23 bits per heavy atom. The molecular weight excluding hydrogens is 402 g/mol. The minimum Gasteiger partial charge on any atom is -0.444 e. The van der Waals surface area contributed by atoms with Gasteiger partial charge in [-0.3, -0.25) is 4.90 Å². The second kappa shape index (κ2) is 7.90. The van der Waals surface area contributed by atoms with Crippen molar-refractivity contribution in [2.24, 2.45) is 5.92 Å². The van der Waals surface area contributed by atoms with Crippen molar-refractivity contribution in [2.45, 2.75) is 75.8 Å². The number of carbonyl (C=O) groups is 2. The first-order valence-corrected chi connectivity index (χ1v) is 11.9. The summed E-state index contributed by atoms with van der Waals surface area (Å²) < 4.78 is 5.65. The number of aromatic nitrogens is 2. The Labute approximate surface area is 182 Å². The largest absolute Gasteiger partial charge is 0.444 e. The Hall–Kier alpha value is -2.03. The summed E-state index contributed by atoms with van der Waals surface area (Å²) in [6.45, 7) is 6.83. The van der Waals surface area contributed by atoms with Gasteiger partial charge in [-0.05, 0) is 46.3 Å². The number of urea groups is 1. The van der Waals surface area contributed by atoms with Crippen LogP contribution in [0.1, 0.15) is 52.0 Å². The first-order valence-electron chi connectivity index (χ1n) is 10.6. The highest BCUT2D eigenvalue weighted by Gasteiger charge is 2.48. The second-order valence-electron chi connectivity index (χ2n) is 9.37. The molecular formula is C21H31N5O3S. The molecule has 0 radical (unpaired) electrons. The van der Waals surface area contributed by atoms with Gasteiger partial charge in [-0.25, -0.2) is 19.6 Å². The number of rotatable bonds is 2. The van der Waals surface area contributed by atoms with Gasteiger partial charge in [0.2, 0.25) is 0 Å². The molecule has 0 spiro atoms. The van der Waals surface area contributed by atoms with Gasteiger partial charge in [-0.2, -0.15) is 0 Å². The van der Waals surface area contributed by atoms with Crippen LogP contribution in [0.3, 0.4) is 0 Å². The third-order valence-corrected chi connectivity index (χ3v) is 6.88. The Morgan fingerprint density at radius 2 is 2.00 bits per heavy atom. The normalized spacial score (nSPS) is 26.5. The molecule has 2 fully saturated rings. The molecule has 9 heteroatoms. The van der Waals surface area contributed by atoms with Crippen LogP contribution in [0.15, 0.2) is 11.4 Å². The Balaban J connectivity index is 1.55. The van der Waals surface area contributed by atoms with Crippen LogP contribution in [-0.2, 0) is 11.3 Å². The molecule has 0 bridgehead atoms. The average Bonchev–Trinajstić information content (AvgIpc) is 3.18. The maximum atomic E-state index is 13.3. The number of nitrogens with zero attached hydrogens (tertiary/aromatic N) is 5. The summed E-state index contributed by atoms with van der Waals surface area (Å²) in [7, 11) is 1.78. The molecule has 0 aromatic carbocycles. The van der Waals surface area contributed by atoms with E-state index < -0.39 is 5.60 Å². The highest BCUT2D eigenvalue weighted by atomic mass is 32.2. The highest BCUT2D eigenvalue weighted by molar-refractivity contribution is 7.98. The first kappa shape index (κ1) is 21.2. The van der Waals surface area contributed by atoms with Gasteiger partial charge in [0.05, 0.1) is 6.54 Å². The van der Waals surface area contributed by atoms with Crippen molar-refractivity contribution in [1.29, 1.82) is 0 Å². The van der Waals surface area contributed by atoms with E-state index in [-0.39, 0.29) is 30.1 Å². The lowest BCUT2D eigenvalue weighted by atomic mass is 9.85. The van der Waals surface area contributed by atoms with E-state index in [4.69, 9.17) is 4.74 Å². The molecule has 3 heterocycles. The fourth-order valence-corrected chi connectivity index (χ4v) is 5.40. The second-order valence-corrected chi connectivity index (χ2v) is 10.1. The molecule has 1 saturated carbocycles. The molecule has 2 aliphatic heterocycles. The Morgan fingerprint density at radius 3 is 2.70 bits per heavy atom. The number of piperidine rings is 1. The number of ether oxygens (including phenoxy) is 1. The van der Waals surface area contributed by atoms with Crippen LogP contribution in [0.2, 0.25) is 0 Å². The number of thioether (sulfide) groups is 1. The summed E-state index contributed by atoms with van der Waals surface area (Å²) in [5.41, 5.74) is 0.464. The van der Waals surface area contributed by atoms with E-state index in [1.165, 1.54) is 11.8 Å². The minimum absolute atomic E-state index is 0.0189. The summed E-state index contributed by atoms with van der Waals surface area (Å²) in [5.74, 6) is 0.973. The number of fused-ring (bicyclic) bond motifs is 2. The standard InChI is InChI=1S/C21H31N5O3S/c1-21(2,3)29-20(28)25-10-9-16(14-7-6-8-15(14)25)26-12-13-11-22-18(30-5)23-17(13)24(4)19(26)27/h11,14-16H,6-10,12H2,1-5H3/t14-,15?,16?/m1/s1. The minimum atomic E-state index is -0.507. The van der Waals surface area contributed by atoms with E-state index in [1.807, 2.05) is 43.0 Å². The van der Waals surface area contributed by atoms with Gasteiger partial charge in [-0.15, -0.1) is 0 Å². The van der Waals surface area contributed by atoms with E-state index in [2.05, 4.69) is 9.97 Å². The SMILES string of the molecule is CSc1ncc2c(n1)N(C)C(=O)N(C1CCN(C(=O)OC(C)(C)C)C3CCC[C@H]31)C2. The van der Waals surface area contributed by atoms with Crippen molar-refractivity contribution < 1.29 is 14.3 Å². The van der Waals surface area contributed by atoms with Gasteiger partial charge in [-0.1, -0.05) is 18.2 Å². The third-order valence-electron chi connectivity index (χ3n) is 6.31. The molecule has 1 aliphatic carbocycles. The van der Waals surface area contributed by atoms with E-state index in [1.54, 1.807) is 11.9 Å². The summed E-state index contributed by atoms with van der Waals surface area (Å²) in [6, 6.07) is 0.224. The van der Waals surface area contributed by atoms with Crippen LogP contribution in [0.5, 0.6) is 0 Å². The smallest absolute Gasteiger partial charge is 0.410 e. The summed E-state index contributed by atoms with van der Waals surface area (Å²) in [5, 5.41) is 0.670. The van der Waals surface area contributed by atoms with Crippen molar-refractivity contribution in [3.63, 3.8) is 0 Å². The molecule has 1 aromatic heterocycles. The van der Waals surface area contributed by atoms with Crippen LogP contribution in [0, 0.1) is 5.92 Å². The van der Waals surface area contributed by atoms with E-state index in [0.29, 0.717) is 24.1 Å². The van der Waals surface area contributed by atoms with Crippen LogP contribution in [-0.4, -0.2) is 69.4 Å². The molecule has 4 rings (SSSR count). The number of hydrogen-bond acceptors (Lipinski definition) is 6. The molecule has 1 saturated heterocycles. The quantitative estimate of drug-likeness (QED) is 0.522. The van der Waals surface area contributed by atoms with E-state index in [9.17, 15) is 9.59 Å². The zero-order valence-corrected chi connectivity index (χ0v) is 19.2. The lowest BCUT2D eigenvalue weighted by molar-refractivity contribution is -0.0105. The fraction of sp³-hybridized carbons (Fsp3) is 0.714. The number of hydrogen-bond donors (Lipinski definition) is 0. The van der Waals surface area contributed by atoms with Crippen LogP contribution < -0.4 is 4.90 Å². The van der Waals surface area contributed by atoms with Crippen molar-refractivity contribution in [3.8, 4) is 0 Å². The zero-order valence-electron chi connectivity index (χ0n) is 18.4. The summed E-state index contributed by atoms with van der Waals surface area (Å²) >= 11 is 1.47. The first-order chi connectivity index (χ1) is 14.2. The van der Waals surface area contributed by atoms with Crippen molar-refractivity contribution in [3.05, 3.63) is 11.8 Å². The number of anilines is 1. The molecule has 30 heavy (non-hydrogen) atoms. The molecule has 1 aromatic rings. The highest BCUT2D eigenvalue weighted by Crippen LogP contribution is 2.42. The molecule has 3 atom stereocenters. The third kappa shape index (κ3) is 3.84. The fourth-order valence-electron chi connectivity index (χ4n) is 5.07. The van der Waals surface area contributed by atoms with Gasteiger partial charge in [0.15, 0.2) is 5.16 Å². The lowest BCUT2D eigenvalue weighted by Gasteiger charge is -2.48. The van der Waals surface area contributed by atoms with Crippen LogP contribution in [0.4, 0.5) is 15.4 Å². The van der Waals surface area contributed by atoms with Crippen molar-refractivity contribution in [1.82, 2.24) is 19.8 Å².